The van der Waals surface area contributed by atoms with Crippen LogP contribution < -0.4 is 15.4 Å². The summed E-state index contributed by atoms with van der Waals surface area (Å²) in [4.78, 5) is 13.3. The minimum absolute atomic E-state index is 0.0527. The smallest absolute Gasteiger partial charge is 0.428 e. The molecule has 0 aliphatic rings. The molecule has 4 aromatic rings. The first-order valence-electron chi connectivity index (χ1n) is 12.9. The lowest BCUT2D eigenvalue weighted by molar-refractivity contribution is -0.253. The Morgan fingerprint density at radius 2 is 1.47 bits per heavy atom. The van der Waals surface area contributed by atoms with E-state index < -0.39 is 70.0 Å². The molecule has 45 heavy (non-hydrogen) atoms. The number of ether oxygens (including phenoxy) is 1. The summed E-state index contributed by atoms with van der Waals surface area (Å²) < 4.78 is 141. The Labute approximate surface area is 249 Å². The van der Waals surface area contributed by atoms with Crippen LogP contribution in [0.15, 0.2) is 84.9 Å². The van der Waals surface area contributed by atoms with Gasteiger partial charge in [-0.05, 0) is 66.1 Å². The van der Waals surface area contributed by atoms with Crippen molar-refractivity contribution in [2.75, 3.05) is 5.32 Å². The summed E-state index contributed by atoms with van der Waals surface area (Å²) in [6.45, 7) is 1.29. The summed E-state index contributed by atoms with van der Waals surface area (Å²) in [5.41, 5.74) is -4.39. The van der Waals surface area contributed by atoms with Crippen molar-refractivity contribution in [3.63, 3.8) is 0 Å². The monoisotopic (exact) mass is 644 g/mol. The lowest BCUT2D eigenvalue weighted by atomic mass is 9.83. The maximum absolute atomic E-state index is 14.8. The van der Waals surface area contributed by atoms with Gasteiger partial charge in [0.1, 0.15) is 23.2 Å². The van der Waals surface area contributed by atoms with Crippen LogP contribution in [0.3, 0.4) is 0 Å². The van der Waals surface area contributed by atoms with Crippen molar-refractivity contribution >= 4 is 11.6 Å². The van der Waals surface area contributed by atoms with Gasteiger partial charge in [-0.25, -0.2) is 13.2 Å². The Kier molecular flexibility index (Phi) is 9.35. The number of hydrogen-bond acceptors (Lipinski definition) is 3. The molecule has 238 valence electrons. The highest BCUT2D eigenvalue weighted by atomic mass is 19.4. The first kappa shape index (κ1) is 33.1. The fourth-order valence-corrected chi connectivity index (χ4v) is 4.37. The number of carbonyl (C=O) groups excluding carboxylic acids is 1. The second kappa shape index (κ2) is 12.7. The third-order valence-electron chi connectivity index (χ3n) is 6.72. The van der Waals surface area contributed by atoms with E-state index in [1.807, 2.05) is 0 Å². The minimum Gasteiger partial charge on any atom is -0.428 e. The summed E-state index contributed by atoms with van der Waals surface area (Å²) in [5.74, 6) is -6.08. The third-order valence-corrected chi connectivity index (χ3v) is 6.72. The molecule has 0 unspecified atom stereocenters. The van der Waals surface area contributed by atoms with Crippen molar-refractivity contribution in [3.05, 3.63) is 130 Å². The van der Waals surface area contributed by atoms with Gasteiger partial charge < -0.3 is 15.4 Å². The maximum atomic E-state index is 14.8. The van der Waals surface area contributed by atoms with E-state index in [2.05, 4.69) is 15.4 Å². The Balaban J connectivity index is 1.82. The molecule has 2 N–H and O–H groups in total. The number of alkyl halides is 7. The van der Waals surface area contributed by atoms with Gasteiger partial charge in [-0.1, -0.05) is 36.4 Å². The van der Waals surface area contributed by atoms with Crippen LogP contribution in [0, 0.1) is 17.5 Å². The topological polar surface area (TPSA) is 50.4 Å². The molecule has 0 bridgehead atoms. The Hall–Kier alpha value is -4.75. The summed E-state index contributed by atoms with van der Waals surface area (Å²) in [5, 5.41) is 5.20. The molecule has 4 aromatic carbocycles. The van der Waals surface area contributed by atoms with E-state index in [1.54, 1.807) is 30.3 Å². The largest absolute Gasteiger partial charge is 0.461 e. The van der Waals surface area contributed by atoms with Gasteiger partial charge in [-0.15, -0.1) is 0 Å². The van der Waals surface area contributed by atoms with Crippen LogP contribution in [0.5, 0.6) is 5.75 Å². The van der Waals surface area contributed by atoms with Gasteiger partial charge in [0.15, 0.2) is 0 Å². The molecule has 0 saturated heterocycles. The SMILES string of the molecule is C[C@](NC(=O)c1ccc(F)c(C(F)(F)F)c1)(c1cc(F)cc(OC(F)(F)C(F)F)c1)c1ccc(F)c(NCc2ccccc2)c1. The van der Waals surface area contributed by atoms with Gasteiger partial charge in [0.25, 0.3) is 5.91 Å². The summed E-state index contributed by atoms with van der Waals surface area (Å²) in [6.07, 6.45) is -14.5. The lowest BCUT2D eigenvalue weighted by Gasteiger charge is -2.33. The van der Waals surface area contributed by atoms with E-state index in [4.69, 9.17) is 0 Å². The maximum Gasteiger partial charge on any atom is 0.461 e. The molecule has 4 rings (SSSR count). The number of carbonyl (C=O) groups is 1. The van der Waals surface area contributed by atoms with Gasteiger partial charge in [-0.2, -0.15) is 30.7 Å². The highest BCUT2D eigenvalue weighted by molar-refractivity contribution is 5.95. The standard InChI is InChI=1S/C31H22F10N2O2/c1-29(20-12-21(32)15-22(13-20)45-31(40,41)28(35)36,43-27(44)18-7-9-24(33)23(11-18)30(37,38)39)19-8-10-25(34)26(14-19)42-16-17-5-3-2-4-6-17/h2-15,28,42H,16H2,1H3,(H,43,44)/t29-/m1/s1. The molecule has 0 aliphatic carbocycles. The van der Waals surface area contributed by atoms with E-state index in [0.717, 1.165) is 29.8 Å². The molecular formula is C31H22F10N2O2. The summed E-state index contributed by atoms with van der Waals surface area (Å²) >= 11 is 0. The Morgan fingerprint density at radius 1 is 0.800 bits per heavy atom. The fourth-order valence-electron chi connectivity index (χ4n) is 4.37. The molecule has 0 heterocycles. The zero-order chi connectivity index (χ0) is 33.2. The van der Waals surface area contributed by atoms with Gasteiger partial charge in [-0.3, -0.25) is 4.79 Å². The van der Waals surface area contributed by atoms with Crippen molar-refractivity contribution in [2.24, 2.45) is 0 Å². The van der Waals surface area contributed by atoms with Crippen LogP contribution in [0.1, 0.15) is 39.5 Å². The summed E-state index contributed by atoms with van der Waals surface area (Å²) in [7, 11) is 0. The van der Waals surface area contributed by atoms with Crippen LogP contribution in [-0.4, -0.2) is 18.4 Å². The van der Waals surface area contributed by atoms with Crippen LogP contribution in [0.25, 0.3) is 0 Å². The molecule has 14 heteroatoms. The predicted octanol–water partition coefficient (Wildman–Crippen LogP) is 8.67. The molecule has 0 aliphatic heterocycles. The van der Waals surface area contributed by atoms with Gasteiger partial charge in [0.2, 0.25) is 0 Å². The van der Waals surface area contributed by atoms with Crippen molar-refractivity contribution in [2.45, 2.75) is 37.7 Å². The molecule has 0 saturated carbocycles. The fraction of sp³-hybridized carbons (Fsp3) is 0.194. The Morgan fingerprint density at radius 3 is 2.11 bits per heavy atom. The number of halogens is 10. The molecule has 4 nitrogen and oxygen atoms in total. The van der Waals surface area contributed by atoms with Crippen LogP contribution in [-0.2, 0) is 18.3 Å². The molecule has 1 amide bonds. The number of nitrogens with one attached hydrogen (secondary N) is 2. The zero-order valence-electron chi connectivity index (χ0n) is 23.0. The highest BCUT2D eigenvalue weighted by Crippen LogP contribution is 2.37. The van der Waals surface area contributed by atoms with Crippen LogP contribution >= 0.6 is 0 Å². The highest BCUT2D eigenvalue weighted by Gasteiger charge is 2.44. The van der Waals surface area contributed by atoms with Crippen LogP contribution in [0.2, 0.25) is 0 Å². The molecule has 0 spiro atoms. The van der Waals surface area contributed by atoms with Crippen molar-refractivity contribution in [1.82, 2.24) is 5.32 Å². The van der Waals surface area contributed by atoms with Crippen LogP contribution in [0.4, 0.5) is 49.6 Å². The minimum atomic E-state index is -5.18. The number of anilines is 1. The van der Waals surface area contributed by atoms with Gasteiger partial charge in [0, 0.05) is 18.2 Å². The molecule has 0 fully saturated rings. The number of hydrogen-bond donors (Lipinski definition) is 2. The predicted molar refractivity (Wildman–Crippen MR) is 143 cm³/mol. The van der Waals surface area contributed by atoms with E-state index in [0.29, 0.717) is 18.2 Å². The molecule has 0 radical (unpaired) electrons. The lowest BCUT2D eigenvalue weighted by Crippen LogP contribution is -2.44. The average molecular weight is 645 g/mol. The summed E-state index contributed by atoms with van der Waals surface area (Å²) in [6, 6.07) is 15.1. The normalized spacial score (nSPS) is 13.3. The van der Waals surface area contributed by atoms with Gasteiger partial charge >= 0.3 is 18.7 Å². The first-order chi connectivity index (χ1) is 21.0. The molecule has 0 aromatic heterocycles. The second-order valence-corrected chi connectivity index (χ2v) is 9.95. The number of benzene rings is 4. The van der Waals surface area contributed by atoms with E-state index in [-0.39, 0.29) is 23.9 Å². The third kappa shape index (κ3) is 7.67. The molecular weight excluding hydrogens is 622 g/mol. The van der Waals surface area contributed by atoms with Crippen molar-refractivity contribution in [3.8, 4) is 5.75 Å². The average Bonchev–Trinajstić information content (AvgIpc) is 2.96. The van der Waals surface area contributed by atoms with E-state index in [1.165, 1.54) is 13.0 Å². The van der Waals surface area contributed by atoms with E-state index in [9.17, 15) is 48.7 Å². The quantitative estimate of drug-likeness (QED) is 0.170. The molecule has 1 atom stereocenters. The Bertz CT molecular complexity index is 1680. The second-order valence-electron chi connectivity index (χ2n) is 9.95. The number of rotatable bonds is 10. The number of amides is 1. The van der Waals surface area contributed by atoms with Crippen molar-refractivity contribution in [1.29, 1.82) is 0 Å². The first-order valence-corrected chi connectivity index (χ1v) is 12.9. The van der Waals surface area contributed by atoms with Gasteiger partial charge in [0.05, 0.1) is 16.8 Å². The van der Waals surface area contributed by atoms with E-state index >= 15 is 0 Å². The van der Waals surface area contributed by atoms with Crippen molar-refractivity contribution < 1.29 is 53.4 Å². The zero-order valence-corrected chi connectivity index (χ0v) is 23.0.